The number of aliphatic hydroxyl groups is 1. The number of rotatable bonds is 10. The quantitative estimate of drug-likeness (QED) is 0.300. The van der Waals surface area contributed by atoms with Crippen molar-refractivity contribution in [1.29, 1.82) is 0 Å². The van der Waals surface area contributed by atoms with Crippen LogP contribution in [0.2, 0.25) is 0 Å². The molecule has 0 saturated heterocycles. The number of ether oxygens (including phenoxy) is 1. The van der Waals surface area contributed by atoms with Crippen molar-refractivity contribution in [3.63, 3.8) is 0 Å². The van der Waals surface area contributed by atoms with Crippen LogP contribution in [0.4, 0.5) is 0 Å². The normalized spacial score (nSPS) is 14.5. The van der Waals surface area contributed by atoms with Crippen molar-refractivity contribution in [3.05, 3.63) is 68.8 Å². The summed E-state index contributed by atoms with van der Waals surface area (Å²) in [5.74, 6) is 0. The molecule has 1 N–H and O–H groups in total. The maximum Gasteiger partial charge on any atom is 0.229 e. The summed E-state index contributed by atoms with van der Waals surface area (Å²) in [6.45, 7) is 16.7. The van der Waals surface area contributed by atoms with Crippen LogP contribution in [-0.2, 0) is 9.30 Å². The molecular weight excluding hydrogens is 447 g/mol. The minimum atomic E-state index is -4.22. The summed E-state index contributed by atoms with van der Waals surface area (Å²) in [4.78, 5) is 28.2. The summed E-state index contributed by atoms with van der Waals surface area (Å²) in [5.41, 5.74) is 3.07. The van der Waals surface area contributed by atoms with Crippen molar-refractivity contribution in [2.75, 3.05) is 12.8 Å². The highest BCUT2D eigenvalue weighted by molar-refractivity contribution is 7.95. The van der Waals surface area contributed by atoms with E-state index >= 15 is 0 Å². The second kappa shape index (κ2) is 10.7. The Hall–Kier alpha value is -2.07. The maximum atomic E-state index is 14.8. The Bertz CT molecular complexity index is 1030. The molecule has 2 aromatic carbocycles. The molecular formula is C28H39O5P. The first kappa shape index (κ1) is 28.2. The van der Waals surface area contributed by atoms with Gasteiger partial charge in [-0.3, -0.25) is 9.59 Å². The third-order valence-electron chi connectivity index (χ3n) is 6.75. The summed E-state index contributed by atoms with van der Waals surface area (Å²) in [6, 6.07) is 7.47. The number of aryl methyl sites for hydroxylation is 6. The molecule has 6 heteroatoms. The van der Waals surface area contributed by atoms with Gasteiger partial charge in [0.2, 0.25) is 18.2 Å². The fraction of sp³-hybridized carbons (Fsp3) is 0.500. The Morgan fingerprint density at radius 1 is 0.853 bits per heavy atom. The Morgan fingerprint density at radius 3 is 1.50 bits per heavy atom. The highest BCUT2D eigenvalue weighted by Crippen LogP contribution is 2.58. The van der Waals surface area contributed by atoms with E-state index in [-0.39, 0.29) is 12.8 Å². The van der Waals surface area contributed by atoms with Gasteiger partial charge in [0.05, 0.1) is 0 Å². The first-order valence-corrected chi connectivity index (χ1v) is 13.7. The fourth-order valence-electron chi connectivity index (χ4n) is 4.86. The van der Waals surface area contributed by atoms with Crippen LogP contribution in [0.15, 0.2) is 24.3 Å². The molecule has 0 radical (unpaired) electrons. The summed E-state index contributed by atoms with van der Waals surface area (Å²) < 4.78 is 20.3. The van der Waals surface area contributed by atoms with Gasteiger partial charge in [0.15, 0.2) is 6.29 Å². The Kier molecular flexibility index (Phi) is 8.85. The molecule has 0 bridgehead atoms. The number of hydrogen-bond donors (Lipinski definition) is 1. The Morgan fingerprint density at radius 2 is 1.21 bits per heavy atom. The molecule has 0 saturated carbocycles. The molecule has 5 nitrogen and oxygen atoms in total. The lowest BCUT2D eigenvalue weighted by Crippen LogP contribution is -2.39. The van der Waals surface area contributed by atoms with E-state index in [1.54, 1.807) is 41.5 Å². The number of aliphatic hydroxyl groups excluding tert-OH is 1. The van der Waals surface area contributed by atoms with E-state index in [1.807, 2.05) is 45.0 Å². The molecule has 2 atom stereocenters. The van der Waals surface area contributed by atoms with E-state index in [0.717, 1.165) is 11.1 Å². The zero-order chi connectivity index (χ0) is 26.0. The highest BCUT2D eigenvalue weighted by atomic mass is 31.2. The third-order valence-corrected chi connectivity index (χ3v) is 9.68. The minimum absolute atomic E-state index is 0.259. The fourth-order valence-corrected chi connectivity index (χ4v) is 8.16. The van der Waals surface area contributed by atoms with Gasteiger partial charge < -0.3 is 14.4 Å². The predicted octanol–water partition coefficient (Wildman–Crippen LogP) is 6.65. The second-order valence-electron chi connectivity index (χ2n) is 9.87. The van der Waals surface area contributed by atoms with Gasteiger partial charge in [-0.1, -0.05) is 49.2 Å². The number of hydrogen-bond acceptors (Lipinski definition) is 5. The van der Waals surface area contributed by atoms with E-state index in [9.17, 15) is 19.3 Å². The van der Waals surface area contributed by atoms with Crippen LogP contribution in [0.25, 0.3) is 0 Å². The predicted molar refractivity (Wildman–Crippen MR) is 138 cm³/mol. The van der Waals surface area contributed by atoms with Crippen molar-refractivity contribution in [2.24, 2.45) is 5.41 Å². The molecule has 186 valence electrons. The molecule has 34 heavy (non-hydrogen) atoms. The number of carbonyl (C=O) groups is 2. The van der Waals surface area contributed by atoms with Crippen LogP contribution in [0.1, 0.15) is 81.3 Å². The highest BCUT2D eigenvalue weighted by Gasteiger charge is 2.49. The van der Waals surface area contributed by atoms with E-state index in [1.165, 1.54) is 0 Å². The van der Waals surface area contributed by atoms with E-state index in [4.69, 9.17) is 4.74 Å². The van der Waals surface area contributed by atoms with Gasteiger partial charge in [0.1, 0.15) is 0 Å². The van der Waals surface area contributed by atoms with Gasteiger partial charge in [-0.2, -0.15) is 0 Å². The van der Waals surface area contributed by atoms with Gasteiger partial charge in [0.25, 0.3) is 0 Å². The smallest absolute Gasteiger partial charge is 0.229 e. The molecule has 2 rings (SSSR count). The average molecular weight is 487 g/mol. The minimum Gasteiger partial charge on any atom is -0.367 e. The molecule has 0 spiro atoms. The lowest BCUT2D eigenvalue weighted by atomic mass is 9.89. The largest absolute Gasteiger partial charge is 0.367 e. The van der Waals surface area contributed by atoms with Crippen LogP contribution in [0.5, 0.6) is 0 Å². The van der Waals surface area contributed by atoms with Crippen LogP contribution >= 0.6 is 7.14 Å². The Labute approximate surface area is 204 Å². The molecule has 0 heterocycles. The van der Waals surface area contributed by atoms with Gasteiger partial charge in [-0.05, 0) is 77.1 Å². The third kappa shape index (κ3) is 5.43. The Balaban J connectivity index is 2.80. The van der Waals surface area contributed by atoms with E-state index in [0.29, 0.717) is 39.8 Å². The van der Waals surface area contributed by atoms with Crippen LogP contribution in [-0.4, -0.2) is 35.2 Å². The molecule has 0 aliphatic carbocycles. The summed E-state index contributed by atoms with van der Waals surface area (Å²) >= 11 is 0. The number of benzene rings is 2. The summed E-state index contributed by atoms with van der Waals surface area (Å²) in [6.07, 6.45) is -1.14. The van der Waals surface area contributed by atoms with Crippen molar-refractivity contribution in [2.45, 2.75) is 75.0 Å². The zero-order valence-electron chi connectivity index (χ0n) is 22.0. The van der Waals surface area contributed by atoms with E-state index < -0.39 is 29.9 Å². The average Bonchev–Trinajstić information content (AvgIpc) is 2.71. The van der Waals surface area contributed by atoms with Gasteiger partial charge >= 0.3 is 0 Å². The first-order chi connectivity index (χ1) is 15.7. The van der Waals surface area contributed by atoms with Crippen LogP contribution < -0.4 is 0 Å². The lowest BCUT2D eigenvalue weighted by Gasteiger charge is -2.35. The molecule has 0 aliphatic rings. The summed E-state index contributed by atoms with van der Waals surface area (Å²) in [7, 11) is -4.22. The van der Waals surface area contributed by atoms with Gasteiger partial charge in [-0.25, -0.2) is 0 Å². The van der Waals surface area contributed by atoms with Crippen molar-refractivity contribution in [1.82, 2.24) is 0 Å². The van der Waals surface area contributed by atoms with Gasteiger partial charge in [0, 0.05) is 29.3 Å². The molecule has 2 unspecified atom stereocenters. The van der Waals surface area contributed by atoms with Crippen molar-refractivity contribution >= 4 is 18.2 Å². The lowest BCUT2D eigenvalue weighted by molar-refractivity contribution is -0.160. The topological polar surface area (TPSA) is 80.7 Å². The first-order valence-electron chi connectivity index (χ1n) is 11.9. The van der Waals surface area contributed by atoms with Crippen molar-refractivity contribution in [3.8, 4) is 0 Å². The van der Waals surface area contributed by atoms with Crippen molar-refractivity contribution < 1.29 is 24.0 Å². The van der Waals surface area contributed by atoms with Gasteiger partial charge in [-0.15, -0.1) is 0 Å². The standard InChI is InChI=1S/C28H39O5P/c1-10-28(9,27(31)33-11-2)16-34(32,25(29)23-19(5)12-17(3)13-20(23)6)26(30)24-21(7)14-18(4)15-22(24)8/h12-15,27,31H,10-11,16H2,1-9H3. The van der Waals surface area contributed by atoms with Crippen LogP contribution in [0, 0.1) is 47.0 Å². The van der Waals surface area contributed by atoms with E-state index in [2.05, 4.69) is 0 Å². The monoisotopic (exact) mass is 486 g/mol. The zero-order valence-corrected chi connectivity index (χ0v) is 22.9. The molecule has 2 aromatic rings. The molecule has 0 fully saturated rings. The SMILES string of the molecule is CCOC(O)C(C)(CC)CP(=O)(C(=O)c1c(C)cc(C)cc1C)C(=O)c1c(C)cc(C)cc1C. The molecule has 0 aliphatic heterocycles. The summed E-state index contributed by atoms with van der Waals surface area (Å²) in [5, 5.41) is 10.8. The maximum absolute atomic E-state index is 14.8. The second-order valence-corrected chi connectivity index (χ2v) is 12.5. The number of carbonyl (C=O) groups excluding carboxylic acids is 2. The van der Waals surface area contributed by atoms with Crippen LogP contribution in [0.3, 0.4) is 0 Å². The molecule has 0 amide bonds. The molecule has 0 aromatic heterocycles.